The van der Waals surface area contributed by atoms with E-state index >= 15 is 0 Å². The second kappa shape index (κ2) is 5.85. The first-order valence-electron chi connectivity index (χ1n) is 5.76. The van der Waals surface area contributed by atoms with Gasteiger partial charge in [-0.05, 0) is 36.8 Å². The van der Waals surface area contributed by atoms with Crippen molar-refractivity contribution >= 4 is 17.3 Å². The van der Waals surface area contributed by atoms with E-state index in [1.165, 1.54) is 0 Å². The number of aliphatic hydroxyl groups excluding tert-OH is 1. The highest BCUT2D eigenvalue weighted by atomic mass is 35.5. The van der Waals surface area contributed by atoms with Crippen molar-refractivity contribution in [3.8, 4) is 0 Å². The van der Waals surface area contributed by atoms with Crippen LogP contribution < -0.4 is 5.32 Å². The highest BCUT2D eigenvalue weighted by Crippen LogP contribution is 2.21. The standard InChI is InChI=1S/C14H15ClN2O/c1-10-5-6-11(15)8-13(10)17-9-14(18)12-4-2-3-7-16-12/h2-8,14,17-18H,9H2,1H3. The number of hydrogen-bond acceptors (Lipinski definition) is 3. The van der Waals surface area contributed by atoms with E-state index in [4.69, 9.17) is 11.6 Å². The van der Waals surface area contributed by atoms with Gasteiger partial charge in [-0.2, -0.15) is 0 Å². The first kappa shape index (κ1) is 12.9. The van der Waals surface area contributed by atoms with Gasteiger partial charge >= 0.3 is 0 Å². The van der Waals surface area contributed by atoms with Gasteiger partial charge in [-0.3, -0.25) is 4.98 Å². The van der Waals surface area contributed by atoms with Gasteiger partial charge in [0.05, 0.1) is 5.69 Å². The summed E-state index contributed by atoms with van der Waals surface area (Å²) in [7, 11) is 0. The number of aryl methyl sites for hydroxylation is 1. The van der Waals surface area contributed by atoms with Gasteiger partial charge in [-0.1, -0.05) is 23.7 Å². The van der Waals surface area contributed by atoms with E-state index in [-0.39, 0.29) is 0 Å². The quantitative estimate of drug-likeness (QED) is 0.890. The van der Waals surface area contributed by atoms with Crippen molar-refractivity contribution in [2.45, 2.75) is 13.0 Å². The smallest absolute Gasteiger partial charge is 0.113 e. The lowest BCUT2D eigenvalue weighted by atomic mass is 10.2. The number of anilines is 1. The fourth-order valence-electron chi connectivity index (χ4n) is 1.67. The Morgan fingerprint density at radius 3 is 2.89 bits per heavy atom. The van der Waals surface area contributed by atoms with E-state index in [1.54, 1.807) is 12.3 Å². The molecular formula is C14H15ClN2O. The molecule has 0 aliphatic rings. The molecule has 1 atom stereocenters. The fraction of sp³-hybridized carbons (Fsp3) is 0.214. The highest BCUT2D eigenvalue weighted by molar-refractivity contribution is 6.30. The number of halogens is 1. The van der Waals surface area contributed by atoms with Gasteiger partial charge in [0, 0.05) is 23.5 Å². The molecule has 2 N–H and O–H groups in total. The van der Waals surface area contributed by atoms with Crippen LogP contribution in [-0.4, -0.2) is 16.6 Å². The van der Waals surface area contributed by atoms with Crippen molar-refractivity contribution in [2.75, 3.05) is 11.9 Å². The summed E-state index contributed by atoms with van der Waals surface area (Å²) in [5, 5.41) is 13.8. The Hall–Kier alpha value is -1.58. The molecule has 3 nitrogen and oxygen atoms in total. The minimum Gasteiger partial charge on any atom is -0.385 e. The molecule has 94 valence electrons. The summed E-state index contributed by atoms with van der Waals surface area (Å²) in [5.74, 6) is 0. The normalized spacial score (nSPS) is 12.2. The number of nitrogens with one attached hydrogen (secondary N) is 1. The summed E-state index contributed by atoms with van der Waals surface area (Å²) < 4.78 is 0. The molecule has 2 aromatic rings. The van der Waals surface area contributed by atoms with Crippen molar-refractivity contribution in [3.05, 3.63) is 58.9 Å². The maximum Gasteiger partial charge on any atom is 0.113 e. The molecule has 2 rings (SSSR count). The zero-order valence-electron chi connectivity index (χ0n) is 10.1. The van der Waals surface area contributed by atoms with Crippen LogP contribution in [0.5, 0.6) is 0 Å². The molecule has 0 spiro atoms. The maximum atomic E-state index is 9.98. The van der Waals surface area contributed by atoms with Gasteiger partial charge in [-0.25, -0.2) is 0 Å². The summed E-state index contributed by atoms with van der Waals surface area (Å²) >= 11 is 5.93. The third kappa shape index (κ3) is 3.22. The lowest BCUT2D eigenvalue weighted by Gasteiger charge is -2.14. The first-order chi connectivity index (χ1) is 8.66. The van der Waals surface area contributed by atoms with Crippen LogP contribution in [0.1, 0.15) is 17.4 Å². The molecule has 0 saturated heterocycles. The number of aliphatic hydroxyl groups is 1. The molecule has 0 aliphatic heterocycles. The molecule has 1 heterocycles. The van der Waals surface area contributed by atoms with Crippen LogP contribution >= 0.6 is 11.6 Å². The minimum atomic E-state index is -0.635. The maximum absolute atomic E-state index is 9.98. The molecule has 4 heteroatoms. The molecule has 1 aromatic heterocycles. The molecule has 0 amide bonds. The van der Waals surface area contributed by atoms with Crippen LogP contribution in [0, 0.1) is 6.92 Å². The van der Waals surface area contributed by atoms with Gasteiger partial charge in [0.25, 0.3) is 0 Å². The summed E-state index contributed by atoms with van der Waals surface area (Å²) in [5.41, 5.74) is 2.68. The van der Waals surface area contributed by atoms with Crippen LogP contribution in [0.25, 0.3) is 0 Å². The Labute approximate surface area is 111 Å². The SMILES string of the molecule is Cc1ccc(Cl)cc1NCC(O)c1ccccn1. The monoisotopic (exact) mass is 262 g/mol. The van der Waals surface area contributed by atoms with Crippen molar-refractivity contribution in [3.63, 3.8) is 0 Å². The summed E-state index contributed by atoms with van der Waals surface area (Å²) in [6.45, 7) is 2.39. The molecule has 1 unspecified atom stereocenters. The fourth-order valence-corrected chi connectivity index (χ4v) is 1.84. The van der Waals surface area contributed by atoms with Crippen molar-refractivity contribution in [1.29, 1.82) is 0 Å². The predicted molar refractivity (Wildman–Crippen MR) is 73.9 cm³/mol. The van der Waals surface area contributed by atoms with Gasteiger partial charge in [0.1, 0.15) is 6.10 Å². The zero-order valence-corrected chi connectivity index (χ0v) is 10.9. The topological polar surface area (TPSA) is 45.1 Å². The van der Waals surface area contributed by atoms with Gasteiger partial charge < -0.3 is 10.4 Å². The van der Waals surface area contributed by atoms with Crippen LogP contribution in [0.2, 0.25) is 5.02 Å². The third-order valence-corrected chi connectivity index (χ3v) is 2.95. The number of aromatic nitrogens is 1. The van der Waals surface area contributed by atoms with E-state index < -0.39 is 6.10 Å². The lowest BCUT2D eigenvalue weighted by molar-refractivity contribution is 0.187. The van der Waals surface area contributed by atoms with Crippen LogP contribution in [-0.2, 0) is 0 Å². The Morgan fingerprint density at radius 2 is 2.17 bits per heavy atom. The van der Waals surface area contributed by atoms with Crippen LogP contribution in [0.15, 0.2) is 42.6 Å². The lowest BCUT2D eigenvalue weighted by Crippen LogP contribution is -2.13. The first-order valence-corrected chi connectivity index (χ1v) is 6.13. The Balaban J connectivity index is 2.01. The average Bonchev–Trinajstić information content (AvgIpc) is 2.40. The minimum absolute atomic E-state index is 0.401. The molecule has 0 saturated carbocycles. The third-order valence-electron chi connectivity index (χ3n) is 2.71. The molecule has 0 bridgehead atoms. The zero-order chi connectivity index (χ0) is 13.0. The van der Waals surface area contributed by atoms with Gasteiger partial charge in [0.2, 0.25) is 0 Å². The Bertz CT molecular complexity index is 516. The molecule has 18 heavy (non-hydrogen) atoms. The highest BCUT2D eigenvalue weighted by Gasteiger charge is 2.08. The molecule has 0 aliphatic carbocycles. The number of hydrogen-bond donors (Lipinski definition) is 2. The van der Waals surface area contributed by atoms with E-state index in [9.17, 15) is 5.11 Å². The van der Waals surface area contributed by atoms with Gasteiger partial charge in [-0.15, -0.1) is 0 Å². The Morgan fingerprint density at radius 1 is 1.33 bits per heavy atom. The van der Waals surface area contributed by atoms with Crippen molar-refractivity contribution in [2.24, 2.45) is 0 Å². The van der Waals surface area contributed by atoms with Crippen molar-refractivity contribution in [1.82, 2.24) is 4.98 Å². The summed E-state index contributed by atoms with van der Waals surface area (Å²) in [4.78, 5) is 4.11. The number of nitrogens with zero attached hydrogens (tertiary/aromatic N) is 1. The predicted octanol–water partition coefficient (Wildman–Crippen LogP) is 3.19. The molecule has 1 aromatic carbocycles. The number of pyridine rings is 1. The molecule has 0 fully saturated rings. The van der Waals surface area contributed by atoms with Crippen molar-refractivity contribution < 1.29 is 5.11 Å². The summed E-state index contributed by atoms with van der Waals surface area (Å²) in [6, 6.07) is 11.1. The van der Waals surface area contributed by atoms with Crippen LogP contribution in [0.4, 0.5) is 5.69 Å². The second-order valence-corrected chi connectivity index (χ2v) is 4.55. The Kier molecular flexibility index (Phi) is 4.18. The van der Waals surface area contributed by atoms with Gasteiger partial charge in [0.15, 0.2) is 0 Å². The number of rotatable bonds is 4. The van der Waals surface area contributed by atoms with E-state index in [0.29, 0.717) is 17.3 Å². The largest absolute Gasteiger partial charge is 0.385 e. The van der Waals surface area contributed by atoms with E-state index in [1.807, 2.05) is 37.3 Å². The van der Waals surface area contributed by atoms with E-state index in [2.05, 4.69) is 10.3 Å². The average molecular weight is 263 g/mol. The molecule has 0 radical (unpaired) electrons. The number of benzene rings is 1. The summed E-state index contributed by atoms with van der Waals surface area (Å²) in [6.07, 6.45) is 1.04. The van der Waals surface area contributed by atoms with E-state index in [0.717, 1.165) is 11.3 Å². The second-order valence-electron chi connectivity index (χ2n) is 4.11. The molecular weight excluding hydrogens is 248 g/mol. The van der Waals surface area contributed by atoms with Crippen LogP contribution in [0.3, 0.4) is 0 Å².